The van der Waals surface area contributed by atoms with E-state index in [2.05, 4.69) is 31.4 Å². The van der Waals surface area contributed by atoms with E-state index >= 15 is 0 Å². The van der Waals surface area contributed by atoms with Crippen molar-refractivity contribution in [2.45, 2.75) is 40.0 Å². The summed E-state index contributed by atoms with van der Waals surface area (Å²) in [4.78, 5) is 12.9. The van der Waals surface area contributed by atoms with Gasteiger partial charge in [-0.05, 0) is 72.1 Å². The summed E-state index contributed by atoms with van der Waals surface area (Å²) in [7, 11) is 0. The topological polar surface area (TPSA) is 64.7 Å². The van der Waals surface area contributed by atoms with E-state index in [0.29, 0.717) is 29.2 Å². The number of aromatic nitrogens is 4. The fourth-order valence-electron chi connectivity index (χ4n) is 3.75. The molecule has 0 aliphatic rings. The molecule has 4 aromatic rings. The Kier molecular flexibility index (Phi) is 6.84. The lowest BCUT2D eigenvalue weighted by Gasteiger charge is -2.09. The van der Waals surface area contributed by atoms with Crippen LogP contribution in [0.2, 0.25) is 0 Å². The molecule has 0 aliphatic carbocycles. The van der Waals surface area contributed by atoms with Gasteiger partial charge in [-0.3, -0.25) is 14.2 Å². The first-order valence-corrected chi connectivity index (χ1v) is 11.6. The van der Waals surface area contributed by atoms with Gasteiger partial charge in [-0.2, -0.15) is 23.4 Å². The second-order valence-electron chi connectivity index (χ2n) is 8.32. The second-order valence-corrected chi connectivity index (χ2v) is 9.12. The number of amides is 1. The van der Waals surface area contributed by atoms with E-state index in [0.717, 1.165) is 33.6 Å². The third-order valence-electron chi connectivity index (χ3n) is 5.62. The number of nitrogens with zero attached hydrogens (tertiary/aromatic N) is 4. The average molecular weight is 546 g/mol. The van der Waals surface area contributed by atoms with Crippen molar-refractivity contribution in [2.75, 3.05) is 5.32 Å². The van der Waals surface area contributed by atoms with E-state index in [9.17, 15) is 18.0 Å². The van der Waals surface area contributed by atoms with Gasteiger partial charge in [0.2, 0.25) is 0 Å². The van der Waals surface area contributed by atoms with Gasteiger partial charge in [-0.15, -0.1) is 0 Å². The number of aryl methyl sites for hydroxylation is 2. The monoisotopic (exact) mass is 545 g/mol. The molecule has 0 radical (unpaired) electrons. The molecule has 0 bridgehead atoms. The van der Waals surface area contributed by atoms with E-state index in [-0.39, 0.29) is 12.5 Å². The van der Waals surface area contributed by atoms with Crippen LogP contribution in [-0.4, -0.2) is 25.5 Å². The highest BCUT2D eigenvalue weighted by atomic mass is 79.9. The molecule has 1 N–H and O–H groups in total. The summed E-state index contributed by atoms with van der Waals surface area (Å²) >= 11 is 3.52. The van der Waals surface area contributed by atoms with E-state index < -0.39 is 11.7 Å². The van der Waals surface area contributed by atoms with Crippen molar-refractivity contribution in [2.24, 2.45) is 0 Å². The van der Waals surface area contributed by atoms with E-state index in [1.807, 2.05) is 30.7 Å². The maximum atomic E-state index is 13.0. The number of benzene rings is 2. The summed E-state index contributed by atoms with van der Waals surface area (Å²) in [5.74, 6) is -0.00234. The number of carbonyl (C=O) groups is 1. The molecule has 0 aliphatic heterocycles. The molecule has 2 heterocycles. The quantitative estimate of drug-likeness (QED) is 0.316. The predicted octanol–water partition coefficient (Wildman–Crippen LogP) is 6.14. The van der Waals surface area contributed by atoms with Crippen LogP contribution < -0.4 is 5.32 Å². The Bertz CT molecular complexity index is 1390. The van der Waals surface area contributed by atoms with Crippen molar-refractivity contribution >= 4 is 27.7 Å². The summed E-state index contributed by atoms with van der Waals surface area (Å²) in [5, 5.41) is 11.6. The van der Waals surface area contributed by atoms with Crippen molar-refractivity contribution in [3.8, 4) is 0 Å². The molecule has 6 nitrogen and oxygen atoms in total. The van der Waals surface area contributed by atoms with Crippen molar-refractivity contribution in [1.82, 2.24) is 19.6 Å². The molecule has 0 atom stereocenters. The van der Waals surface area contributed by atoms with Crippen LogP contribution in [0.25, 0.3) is 0 Å². The van der Waals surface area contributed by atoms with Crippen LogP contribution in [0.1, 0.15) is 44.1 Å². The Hall–Kier alpha value is -3.40. The molecule has 2 aromatic carbocycles. The van der Waals surface area contributed by atoms with Gasteiger partial charge in [0, 0.05) is 17.3 Å². The minimum atomic E-state index is -4.41. The molecule has 182 valence electrons. The minimum absolute atomic E-state index is 0.152. The van der Waals surface area contributed by atoms with Gasteiger partial charge in [0.1, 0.15) is 0 Å². The molecule has 4 rings (SSSR count). The summed E-state index contributed by atoms with van der Waals surface area (Å²) in [6.45, 7) is 6.34. The average Bonchev–Trinajstić information content (AvgIpc) is 3.26. The van der Waals surface area contributed by atoms with Crippen molar-refractivity contribution in [3.05, 3.63) is 98.4 Å². The number of nitrogens with one attached hydrogen (secondary N) is 1. The first kappa shape index (κ1) is 24.7. The van der Waals surface area contributed by atoms with Gasteiger partial charge in [0.25, 0.3) is 5.91 Å². The first-order chi connectivity index (χ1) is 16.5. The largest absolute Gasteiger partial charge is 0.416 e. The van der Waals surface area contributed by atoms with Gasteiger partial charge in [0.15, 0.2) is 5.82 Å². The lowest BCUT2D eigenvalue weighted by molar-refractivity contribution is -0.137. The molecule has 0 saturated carbocycles. The summed E-state index contributed by atoms with van der Waals surface area (Å²) in [5.41, 5.74) is 3.75. The van der Waals surface area contributed by atoms with Gasteiger partial charge in [0.05, 0.1) is 34.5 Å². The number of alkyl halides is 3. The van der Waals surface area contributed by atoms with Gasteiger partial charge < -0.3 is 5.32 Å². The number of hydrogen-bond acceptors (Lipinski definition) is 3. The third kappa shape index (κ3) is 5.64. The fraction of sp³-hybridized carbons (Fsp3) is 0.240. The van der Waals surface area contributed by atoms with E-state index in [1.54, 1.807) is 35.9 Å². The maximum absolute atomic E-state index is 13.0. The van der Waals surface area contributed by atoms with Crippen LogP contribution in [-0.2, 0) is 19.3 Å². The molecule has 0 unspecified atom stereocenters. The second kappa shape index (κ2) is 9.69. The van der Waals surface area contributed by atoms with Crippen molar-refractivity contribution < 1.29 is 18.0 Å². The summed E-state index contributed by atoms with van der Waals surface area (Å²) in [6, 6.07) is 14.0. The molecule has 0 fully saturated rings. The number of rotatable bonds is 6. The number of halogens is 4. The highest BCUT2D eigenvalue weighted by Gasteiger charge is 2.30. The van der Waals surface area contributed by atoms with Crippen molar-refractivity contribution in [3.63, 3.8) is 0 Å². The Labute approximate surface area is 208 Å². The molecule has 0 spiro atoms. The summed E-state index contributed by atoms with van der Waals surface area (Å²) in [6.07, 6.45) is -4.41. The fourth-order valence-corrected chi connectivity index (χ4v) is 4.04. The highest BCUT2D eigenvalue weighted by molar-refractivity contribution is 9.10. The van der Waals surface area contributed by atoms with E-state index in [1.165, 1.54) is 6.07 Å². The lowest BCUT2D eigenvalue weighted by atomic mass is 10.1. The SMILES string of the molecule is Cc1nn(Cc2cccc(C(=O)Nc3cc(C)n(Cc4cccc(C(F)(F)F)c4)n3)c2)c(C)c1Br. The zero-order valence-electron chi connectivity index (χ0n) is 19.3. The van der Waals surface area contributed by atoms with Crippen LogP contribution in [0.3, 0.4) is 0 Å². The van der Waals surface area contributed by atoms with Gasteiger partial charge in [-0.25, -0.2) is 0 Å². The Morgan fingerprint density at radius 3 is 2.26 bits per heavy atom. The number of carbonyl (C=O) groups excluding carboxylic acids is 1. The molecule has 35 heavy (non-hydrogen) atoms. The van der Waals surface area contributed by atoms with Gasteiger partial charge >= 0.3 is 6.18 Å². The Morgan fingerprint density at radius 2 is 1.60 bits per heavy atom. The van der Waals surface area contributed by atoms with E-state index in [4.69, 9.17) is 0 Å². The zero-order chi connectivity index (χ0) is 25.3. The third-order valence-corrected chi connectivity index (χ3v) is 6.77. The predicted molar refractivity (Wildman–Crippen MR) is 130 cm³/mol. The molecule has 0 saturated heterocycles. The summed E-state index contributed by atoms with van der Waals surface area (Å²) < 4.78 is 43.4. The first-order valence-electron chi connectivity index (χ1n) is 10.8. The highest BCUT2D eigenvalue weighted by Crippen LogP contribution is 2.30. The van der Waals surface area contributed by atoms with Crippen LogP contribution >= 0.6 is 15.9 Å². The van der Waals surface area contributed by atoms with Crippen LogP contribution in [0.4, 0.5) is 19.0 Å². The minimum Gasteiger partial charge on any atom is -0.305 e. The standard InChI is InChI=1S/C25H23BrF3N5O/c1-15-10-22(32-33(15)13-19-7-5-9-21(12-19)25(27,28)29)30-24(35)20-8-4-6-18(11-20)14-34-17(3)23(26)16(2)31-34/h4-12H,13-14H2,1-3H3,(H,30,32,35). The molecular weight excluding hydrogens is 523 g/mol. The van der Waals surface area contributed by atoms with Crippen LogP contribution in [0, 0.1) is 20.8 Å². The zero-order valence-corrected chi connectivity index (χ0v) is 20.9. The Balaban J connectivity index is 1.47. The molecular formula is C25H23BrF3N5O. The number of hydrogen-bond donors (Lipinski definition) is 1. The molecule has 2 aromatic heterocycles. The lowest BCUT2D eigenvalue weighted by Crippen LogP contribution is -2.14. The van der Waals surface area contributed by atoms with Crippen molar-refractivity contribution in [1.29, 1.82) is 0 Å². The number of anilines is 1. The van der Waals surface area contributed by atoms with Gasteiger partial charge in [-0.1, -0.05) is 24.3 Å². The van der Waals surface area contributed by atoms with Crippen LogP contribution in [0.15, 0.2) is 59.1 Å². The molecule has 1 amide bonds. The molecule has 10 heteroatoms. The smallest absolute Gasteiger partial charge is 0.305 e. The van der Waals surface area contributed by atoms with Crippen LogP contribution in [0.5, 0.6) is 0 Å². The maximum Gasteiger partial charge on any atom is 0.416 e. The Morgan fingerprint density at radius 1 is 0.943 bits per heavy atom. The normalized spacial score (nSPS) is 11.6.